The topological polar surface area (TPSA) is 53.6 Å². The molecule has 0 aromatic heterocycles. The smallest absolute Gasteiger partial charge is 0.387 e. The lowest BCUT2D eigenvalue weighted by molar-refractivity contribution is -0.123. The molecule has 5 nitrogen and oxygen atoms in total. The Bertz CT molecular complexity index is 787. The lowest BCUT2D eigenvalue weighted by Crippen LogP contribution is -2.49. The van der Waals surface area contributed by atoms with Gasteiger partial charge in [-0.1, -0.05) is 24.3 Å². The number of halogens is 3. The second-order valence-corrected chi connectivity index (χ2v) is 6.54. The summed E-state index contributed by atoms with van der Waals surface area (Å²) in [5, 5.41) is 6.10. The van der Waals surface area contributed by atoms with Crippen LogP contribution in [0.3, 0.4) is 0 Å². The number of carbonyl (C=O) groups is 1. The maximum atomic E-state index is 13.5. The summed E-state index contributed by atoms with van der Waals surface area (Å²) in [6.45, 7) is -0.322. The number of piperazine rings is 1. The Kier molecular flexibility index (Phi) is 6.89. The molecule has 1 atom stereocenters. The quantitative estimate of drug-likeness (QED) is 0.760. The van der Waals surface area contributed by atoms with Crippen LogP contribution in [-0.2, 0) is 11.3 Å². The van der Waals surface area contributed by atoms with Crippen molar-refractivity contribution in [2.75, 3.05) is 26.2 Å². The van der Waals surface area contributed by atoms with Crippen molar-refractivity contribution in [2.45, 2.75) is 19.2 Å². The fraction of sp³-hybridized carbons (Fsp3) is 0.350. The van der Waals surface area contributed by atoms with E-state index in [-0.39, 0.29) is 36.6 Å². The number of nitrogens with one attached hydrogen (secondary N) is 2. The van der Waals surface area contributed by atoms with Crippen LogP contribution in [0.1, 0.15) is 17.2 Å². The average Bonchev–Trinajstić information content (AvgIpc) is 2.67. The number of carbonyl (C=O) groups excluding carboxylic acids is 1. The number of alkyl halides is 2. The van der Waals surface area contributed by atoms with Gasteiger partial charge in [-0.25, -0.2) is 4.39 Å². The number of hydrogen-bond donors (Lipinski definition) is 2. The molecule has 2 aromatic carbocycles. The number of amides is 1. The van der Waals surface area contributed by atoms with E-state index in [1.807, 2.05) is 11.0 Å². The second kappa shape index (κ2) is 9.57. The van der Waals surface area contributed by atoms with Gasteiger partial charge in [0.15, 0.2) is 0 Å². The second-order valence-electron chi connectivity index (χ2n) is 6.54. The summed E-state index contributed by atoms with van der Waals surface area (Å²) < 4.78 is 42.2. The Balaban J connectivity index is 1.54. The van der Waals surface area contributed by atoms with E-state index in [1.54, 1.807) is 18.2 Å². The molecule has 1 aliphatic heterocycles. The summed E-state index contributed by atoms with van der Waals surface area (Å²) in [6.07, 6.45) is 0. The first-order valence-electron chi connectivity index (χ1n) is 9.02. The number of rotatable bonds is 7. The highest BCUT2D eigenvalue weighted by atomic mass is 19.3. The van der Waals surface area contributed by atoms with E-state index in [2.05, 4.69) is 15.4 Å². The molecule has 0 bridgehead atoms. The predicted octanol–water partition coefficient (Wildman–Crippen LogP) is 2.69. The standard InChI is InChI=1S/C20H22F3N3O2/c21-16-3-1-2-15(10-16)18-12-24-8-9-26(18)13-19(27)25-11-14-4-6-17(7-5-14)28-20(22)23/h1-7,10,18,20,24H,8-9,11-13H2,(H,25,27). The fourth-order valence-corrected chi connectivity index (χ4v) is 3.21. The van der Waals surface area contributed by atoms with Crippen LogP contribution in [0, 0.1) is 5.82 Å². The van der Waals surface area contributed by atoms with Crippen LogP contribution in [0.4, 0.5) is 13.2 Å². The maximum absolute atomic E-state index is 13.5. The van der Waals surface area contributed by atoms with E-state index in [4.69, 9.17) is 0 Å². The Morgan fingerprint density at radius 2 is 2.04 bits per heavy atom. The van der Waals surface area contributed by atoms with Gasteiger partial charge in [0.2, 0.25) is 5.91 Å². The van der Waals surface area contributed by atoms with Gasteiger partial charge in [-0.3, -0.25) is 9.69 Å². The molecule has 0 aliphatic carbocycles. The zero-order valence-corrected chi connectivity index (χ0v) is 15.2. The van der Waals surface area contributed by atoms with Crippen molar-refractivity contribution < 1.29 is 22.7 Å². The first-order valence-corrected chi connectivity index (χ1v) is 9.02. The van der Waals surface area contributed by atoms with Gasteiger partial charge in [-0.05, 0) is 35.4 Å². The maximum Gasteiger partial charge on any atom is 0.387 e. The van der Waals surface area contributed by atoms with Crippen molar-refractivity contribution >= 4 is 5.91 Å². The molecule has 2 aromatic rings. The van der Waals surface area contributed by atoms with Crippen LogP contribution in [0.5, 0.6) is 5.75 Å². The van der Waals surface area contributed by atoms with E-state index in [9.17, 15) is 18.0 Å². The highest BCUT2D eigenvalue weighted by molar-refractivity contribution is 5.78. The molecular weight excluding hydrogens is 371 g/mol. The largest absolute Gasteiger partial charge is 0.435 e. The summed E-state index contributed by atoms with van der Waals surface area (Å²) in [7, 11) is 0. The third kappa shape index (κ3) is 5.71. The highest BCUT2D eigenvalue weighted by Crippen LogP contribution is 2.22. The molecule has 1 fully saturated rings. The van der Waals surface area contributed by atoms with E-state index >= 15 is 0 Å². The summed E-state index contributed by atoms with van der Waals surface area (Å²) in [5.41, 5.74) is 1.60. The first-order chi connectivity index (χ1) is 13.5. The third-order valence-electron chi connectivity index (χ3n) is 4.57. The van der Waals surface area contributed by atoms with E-state index in [0.29, 0.717) is 13.1 Å². The zero-order chi connectivity index (χ0) is 19.9. The average molecular weight is 393 g/mol. The lowest BCUT2D eigenvalue weighted by Gasteiger charge is -2.36. The van der Waals surface area contributed by atoms with E-state index < -0.39 is 6.61 Å². The van der Waals surface area contributed by atoms with Crippen LogP contribution >= 0.6 is 0 Å². The molecule has 28 heavy (non-hydrogen) atoms. The molecule has 2 N–H and O–H groups in total. The molecule has 0 radical (unpaired) electrons. The number of hydrogen-bond acceptors (Lipinski definition) is 4. The number of ether oxygens (including phenoxy) is 1. The van der Waals surface area contributed by atoms with Crippen LogP contribution in [0.25, 0.3) is 0 Å². The van der Waals surface area contributed by atoms with Gasteiger partial charge in [-0.2, -0.15) is 8.78 Å². The predicted molar refractivity (Wildman–Crippen MR) is 98.5 cm³/mol. The van der Waals surface area contributed by atoms with E-state index in [1.165, 1.54) is 24.3 Å². The Labute approximate surface area is 161 Å². The number of benzene rings is 2. The van der Waals surface area contributed by atoms with Crippen LogP contribution in [0.15, 0.2) is 48.5 Å². The molecule has 1 unspecified atom stereocenters. The van der Waals surface area contributed by atoms with Crippen molar-refractivity contribution in [2.24, 2.45) is 0 Å². The van der Waals surface area contributed by atoms with Gasteiger partial charge >= 0.3 is 6.61 Å². The normalized spacial score (nSPS) is 17.5. The van der Waals surface area contributed by atoms with Crippen molar-refractivity contribution in [3.8, 4) is 5.75 Å². The monoisotopic (exact) mass is 393 g/mol. The fourth-order valence-electron chi connectivity index (χ4n) is 3.21. The lowest BCUT2D eigenvalue weighted by atomic mass is 10.0. The van der Waals surface area contributed by atoms with Crippen LogP contribution < -0.4 is 15.4 Å². The van der Waals surface area contributed by atoms with Crippen molar-refractivity contribution in [1.29, 1.82) is 0 Å². The van der Waals surface area contributed by atoms with Crippen molar-refractivity contribution in [3.63, 3.8) is 0 Å². The van der Waals surface area contributed by atoms with Gasteiger partial charge in [-0.15, -0.1) is 0 Å². The molecule has 3 rings (SSSR count). The van der Waals surface area contributed by atoms with Gasteiger partial charge < -0.3 is 15.4 Å². The Hall–Kier alpha value is -2.58. The van der Waals surface area contributed by atoms with Gasteiger partial charge in [0.25, 0.3) is 0 Å². The molecule has 1 saturated heterocycles. The van der Waals surface area contributed by atoms with Crippen molar-refractivity contribution in [3.05, 3.63) is 65.5 Å². The molecule has 0 spiro atoms. The van der Waals surface area contributed by atoms with Crippen LogP contribution in [0.2, 0.25) is 0 Å². The molecule has 1 heterocycles. The third-order valence-corrected chi connectivity index (χ3v) is 4.57. The molecular formula is C20H22F3N3O2. The van der Waals surface area contributed by atoms with Crippen molar-refractivity contribution in [1.82, 2.24) is 15.5 Å². The minimum atomic E-state index is -2.87. The summed E-state index contributed by atoms with van der Waals surface area (Å²) in [4.78, 5) is 14.4. The Morgan fingerprint density at radius 1 is 1.25 bits per heavy atom. The van der Waals surface area contributed by atoms with E-state index in [0.717, 1.165) is 17.7 Å². The summed E-state index contributed by atoms with van der Waals surface area (Å²) in [5.74, 6) is -0.383. The Morgan fingerprint density at radius 3 is 2.75 bits per heavy atom. The highest BCUT2D eigenvalue weighted by Gasteiger charge is 2.25. The minimum absolute atomic E-state index is 0.0730. The zero-order valence-electron chi connectivity index (χ0n) is 15.2. The molecule has 150 valence electrons. The minimum Gasteiger partial charge on any atom is -0.435 e. The first kappa shape index (κ1) is 20.2. The summed E-state index contributed by atoms with van der Waals surface area (Å²) in [6, 6.07) is 12.4. The molecule has 0 saturated carbocycles. The molecule has 1 amide bonds. The van der Waals surface area contributed by atoms with Gasteiger partial charge in [0.05, 0.1) is 6.54 Å². The van der Waals surface area contributed by atoms with Gasteiger partial charge in [0.1, 0.15) is 11.6 Å². The summed E-state index contributed by atoms with van der Waals surface area (Å²) >= 11 is 0. The SMILES string of the molecule is O=C(CN1CCNCC1c1cccc(F)c1)NCc1ccc(OC(F)F)cc1. The van der Waals surface area contributed by atoms with Crippen LogP contribution in [-0.4, -0.2) is 43.6 Å². The molecule has 8 heteroatoms. The number of nitrogens with zero attached hydrogens (tertiary/aromatic N) is 1. The molecule has 1 aliphatic rings. The van der Waals surface area contributed by atoms with Gasteiger partial charge in [0, 0.05) is 32.2 Å².